The number of nitrogens with two attached hydrogens (primary N) is 1. The first-order valence-corrected chi connectivity index (χ1v) is 5.42. The lowest BCUT2D eigenvalue weighted by Crippen LogP contribution is -2.41. The molecular weight excluding hydrogens is 222 g/mol. The topological polar surface area (TPSA) is 79.2 Å². The average Bonchev–Trinajstić information content (AvgIpc) is 2.19. The Morgan fingerprint density at radius 2 is 1.94 bits per heavy atom. The molecule has 0 fully saturated rings. The van der Waals surface area contributed by atoms with Crippen molar-refractivity contribution in [3.63, 3.8) is 0 Å². The molecule has 17 heavy (non-hydrogen) atoms. The monoisotopic (exact) mass is 241 g/mol. The third-order valence-electron chi connectivity index (χ3n) is 2.21. The fraction of sp³-hybridized carbons (Fsp3) is 0.636. The highest BCUT2D eigenvalue weighted by atomic mass is 16.5. The fourth-order valence-electron chi connectivity index (χ4n) is 1.39. The van der Waals surface area contributed by atoms with Crippen molar-refractivity contribution in [1.29, 1.82) is 0 Å². The Labute approximate surface area is 99.6 Å². The quantitative estimate of drug-likeness (QED) is 0.804. The van der Waals surface area contributed by atoms with Gasteiger partial charge in [0.15, 0.2) is 0 Å². The van der Waals surface area contributed by atoms with Gasteiger partial charge in [-0.2, -0.15) is 0 Å². The summed E-state index contributed by atoms with van der Waals surface area (Å²) in [5.74, 6) is 0. The maximum Gasteiger partial charge on any atom is 0.330 e. The third-order valence-corrected chi connectivity index (χ3v) is 2.21. The van der Waals surface area contributed by atoms with Crippen molar-refractivity contribution >= 4 is 5.69 Å². The van der Waals surface area contributed by atoms with Gasteiger partial charge in [-0.1, -0.05) is 0 Å². The summed E-state index contributed by atoms with van der Waals surface area (Å²) in [5, 5.41) is 0. The first kappa shape index (κ1) is 13.5. The van der Waals surface area contributed by atoms with Crippen LogP contribution in [0.1, 0.15) is 20.8 Å². The lowest BCUT2D eigenvalue weighted by atomic mass is 10.2. The average molecular weight is 241 g/mol. The van der Waals surface area contributed by atoms with Crippen LogP contribution in [0.4, 0.5) is 5.69 Å². The van der Waals surface area contributed by atoms with Crippen molar-refractivity contribution in [2.75, 3.05) is 12.3 Å². The zero-order valence-electron chi connectivity index (χ0n) is 10.7. The molecule has 6 heteroatoms. The van der Waals surface area contributed by atoms with E-state index in [2.05, 4.69) is 0 Å². The van der Waals surface area contributed by atoms with Crippen molar-refractivity contribution < 1.29 is 4.74 Å². The fourth-order valence-corrected chi connectivity index (χ4v) is 1.39. The molecule has 0 saturated heterocycles. The molecule has 0 amide bonds. The normalized spacial score (nSPS) is 11.8. The van der Waals surface area contributed by atoms with Crippen LogP contribution in [0.25, 0.3) is 0 Å². The highest BCUT2D eigenvalue weighted by Crippen LogP contribution is 2.05. The SMILES string of the molecule is Cn1cc(N)c(=O)n(CCOC(C)(C)C)c1=O. The Bertz CT molecular complexity index is 474. The Kier molecular flexibility index (Phi) is 3.77. The predicted molar refractivity (Wildman–Crippen MR) is 66.1 cm³/mol. The summed E-state index contributed by atoms with van der Waals surface area (Å²) in [7, 11) is 1.55. The number of hydrogen-bond donors (Lipinski definition) is 1. The molecule has 0 saturated carbocycles. The highest BCUT2D eigenvalue weighted by Gasteiger charge is 2.11. The van der Waals surface area contributed by atoms with Gasteiger partial charge in [-0.15, -0.1) is 0 Å². The van der Waals surface area contributed by atoms with Crippen LogP contribution in [0.3, 0.4) is 0 Å². The summed E-state index contributed by atoms with van der Waals surface area (Å²) in [4.78, 5) is 23.4. The van der Waals surface area contributed by atoms with Crippen LogP contribution < -0.4 is 17.0 Å². The van der Waals surface area contributed by atoms with Gasteiger partial charge in [-0.3, -0.25) is 9.36 Å². The third kappa shape index (κ3) is 3.45. The number of aryl methyl sites for hydroxylation is 1. The van der Waals surface area contributed by atoms with E-state index < -0.39 is 5.56 Å². The summed E-state index contributed by atoms with van der Waals surface area (Å²) in [6.07, 6.45) is 1.33. The lowest BCUT2D eigenvalue weighted by molar-refractivity contribution is -0.00759. The van der Waals surface area contributed by atoms with Crippen LogP contribution in [0.2, 0.25) is 0 Å². The van der Waals surface area contributed by atoms with Gasteiger partial charge in [-0.25, -0.2) is 4.79 Å². The number of nitrogens with zero attached hydrogens (tertiary/aromatic N) is 2. The smallest absolute Gasteiger partial charge is 0.330 e. The molecule has 6 nitrogen and oxygen atoms in total. The van der Waals surface area contributed by atoms with Crippen molar-refractivity contribution in [1.82, 2.24) is 9.13 Å². The summed E-state index contributed by atoms with van der Waals surface area (Å²) in [6.45, 7) is 6.23. The minimum atomic E-state index is -0.467. The van der Waals surface area contributed by atoms with Crippen molar-refractivity contribution in [2.45, 2.75) is 32.9 Å². The van der Waals surface area contributed by atoms with E-state index in [1.54, 1.807) is 7.05 Å². The standard InChI is InChI=1S/C11H19N3O3/c1-11(2,3)17-6-5-14-9(15)8(12)7-13(4)10(14)16/h7H,5-6,12H2,1-4H3. The zero-order valence-corrected chi connectivity index (χ0v) is 10.7. The Morgan fingerprint density at radius 3 is 2.47 bits per heavy atom. The Balaban J connectivity index is 2.92. The van der Waals surface area contributed by atoms with E-state index in [9.17, 15) is 9.59 Å². The van der Waals surface area contributed by atoms with Crippen LogP contribution in [-0.4, -0.2) is 21.3 Å². The molecule has 0 bridgehead atoms. The summed E-state index contributed by atoms with van der Waals surface area (Å²) in [6, 6.07) is 0. The van der Waals surface area contributed by atoms with Crippen LogP contribution in [0, 0.1) is 0 Å². The van der Waals surface area contributed by atoms with Crippen LogP contribution in [0.5, 0.6) is 0 Å². The Hall–Kier alpha value is -1.56. The zero-order chi connectivity index (χ0) is 13.2. The van der Waals surface area contributed by atoms with E-state index >= 15 is 0 Å². The predicted octanol–water partition coefficient (Wildman–Crippen LogP) is -0.0557. The molecule has 0 aliphatic rings. The van der Waals surface area contributed by atoms with E-state index in [4.69, 9.17) is 10.5 Å². The van der Waals surface area contributed by atoms with Crippen molar-refractivity contribution in [3.8, 4) is 0 Å². The molecule has 96 valence electrons. The highest BCUT2D eigenvalue weighted by molar-refractivity contribution is 5.30. The number of rotatable bonds is 3. The molecule has 0 atom stereocenters. The molecule has 1 heterocycles. The number of anilines is 1. The van der Waals surface area contributed by atoms with E-state index in [-0.39, 0.29) is 23.5 Å². The van der Waals surface area contributed by atoms with Gasteiger partial charge in [-0.05, 0) is 20.8 Å². The van der Waals surface area contributed by atoms with Crippen molar-refractivity contribution in [2.24, 2.45) is 7.05 Å². The number of hydrogen-bond acceptors (Lipinski definition) is 4. The molecule has 0 aromatic carbocycles. The second-order valence-corrected chi connectivity index (χ2v) is 4.90. The molecule has 1 aromatic heterocycles. The largest absolute Gasteiger partial charge is 0.393 e. The van der Waals surface area contributed by atoms with E-state index in [1.807, 2.05) is 20.8 Å². The minimum Gasteiger partial charge on any atom is -0.393 e. The molecule has 0 aliphatic heterocycles. The molecule has 0 spiro atoms. The van der Waals surface area contributed by atoms with Crippen LogP contribution in [-0.2, 0) is 18.3 Å². The van der Waals surface area contributed by atoms with Gasteiger partial charge in [0.1, 0.15) is 5.69 Å². The number of aromatic nitrogens is 2. The number of ether oxygens (including phenoxy) is 1. The van der Waals surface area contributed by atoms with E-state index in [1.165, 1.54) is 10.8 Å². The first-order valence-electron chi connectivity index (χ1n) is 5.42. The minimum absolute atomic E-state index is 0.0582. The van der Waals surface area contributed by atoms with E-state index in [0.717, 1.165) is 4.57 Å². The molecule has 0 unspecified atom stereocenters. The lowest BCUT2D eigenvalue weighted by Gasteiger charge is -2.19. The maximum absolute atomic E-state index is 11.7. The first-order chi connectivity index (χ1) is 7.72. The molecule has 2 N–H and O–H groups in total. The number of nitrogen functional groups attached to an aromatic ring is 1. The summed E-state index contributed by atoms with van der Waals surface area (Å²) >= 11 is 0. The second kappa shape index (κ2) is 4.75. The Morgan fingerprint density at radius 1 is 1.35 bits per heavy atom. The van der Waals surface area contributed by atoms with Crippen LogP contribution >= 0.6 is 0 Å². The summed E-state index contributed by atoms with van der Waals surface area (Å²) in [5.41, 5.74) is 4.42. The molecular formula is C11H19N3O3. The molecule has 0 aliphatic carbocycles. The molecule has 0 radical (unpaired) electrons. The van der Waals surface area contributed by atoms with Crippen molar-refractivity contribution in [3.05, 3.63) is 27.0 Å². The van der Waals surface area contributed by atoms with Gasteiger partial charge in [0.25, 0.3) is 5.56 Å². The summed E-state index contributed by atoms with van der Waals surface area (Å²) < 4.78 is 7.84. The second-order valence-electron chi connectivity index (χ2n) is 4.90. The van der Waals surface area contributed by atoms with Gasteiger partial charge >= 0.3 is 5.69 Å². The van der Waals surface area contributed by atoms with Gasteiger partial charge in [0.05, 0.1) is 18.8 Å². The molecule has 1 aromatic rings. The maximum atomic E-state index is 11.7. The van der Waals surface area contributed by atoms with E-state index in [0.29, 0.717) is 6.61 Å². The van der Waals surface area contributed by atoms with Gasteiger partial charge in [0, 0.05) is 13.2 Å². The molecule has 1 rings (SSSR count). The van der Waals surface area contributed by atoms with Crippen LogP contribution in [0.15, 0.2) is 15.8 Å². The van der Waals surface area contributed by atoms with Gasteiger partial charge < -0.3 is 15.0 Å². The van der Waals surface area contributed by atoms with Gasteiger partial charge in [0.2, 0.25) is 0 Å².